The van der Waals surface area contributed by atoms with Crippen molar-refractivity contribution in [2.24, 2.45) is 0 Å². The molecule has 9 nitrogen and oxygen atoms in total. The first-order valence-corrected chi connectivity index (χ1v) is 8.73. The van der Waals surface area contributed by atoms with Crippen LogP contribution in [0, 0.1) is 0 Å². The molecule has 4 amide bonds. The second kappa shape index (κ2) is 9.02. The number of urea groups is 1. The molecule has 4 N–H and O–H groups in total. The summed E-state index contributed by atoms with van der Waals surface area (Å²) in [5.41, 5.74) is 0.680. The second-order valence-corrected chi connectivity index (χ2v) is 6.45. The van der Waals surface area contributed by atoms with Crippen LogP contribution in [0.4, 0.5) is 10.5 Å². The fraction of sp³-hybridized carbons (Fsp3) is 0.444. The minimum atomic E-state index is -1.15. The summed E-state index contributed by atoms with van der Waals surface area (Å²) >= 11 is 0. The van der Waals surface area contributed by atoms with Crippen molar-refractivity contribution in [2.45, 2.75) is 38.8 Å². The highest BCUT2D eigenvalue weighted by atomic mass is 16.4. The summed E-state index contributed by atoms with van der Waals surface area (Å²) in [5.74, 6) is -1.91. The van der Waals surface area contributed by atoms with Gasteiger partial charge in [0.15, 0.2) is 0 Å². The molecule has 146 valence electrons. The van der Waals surface area contributed by atoms with E-state index in [9.17, 15) is 24.3 Å². The highest BCUT2D eigenvalue weighted by molar-refractivity contribution is 5.98. The fourth-order valence-electron chi connectivity index (χ4n) is 2.43. The van der Waals surface area contributed by atoms with Gasteiger partial charge in [-0.3, -0.25) is 9.59 Å². The van der Waals surface area contributed by atoms with Gasteiger partial charge in [0, 0.05) is 37.3 Å². The Morgan fingerprint density at radius 2 is 1.96 bits per heavy atom. The van der Waals surface area contributed by atoms with Gasteiger partial charge >= 0.3 is 12.0 Å². The van der Waals surface area contributed by atoms with Crippen LogP contribution in [-0.4, -0.2) is 59.0 Å². The molecule has 1 unspecified atom stereocenters. The van der Waals surface area contributed by atoms with Crippen LogP contribution < -0.4 is 16.0 Å². The maximum Gasteiger partial charge on any atom is 0.326 e. The number of hydrogen-bond donors (Lipinski definition) is 4. The molecular weight excluding hydrogens is 352 g/mol. The molecule has 1 fully saturated rings. The van der Waals surface area contributed by atoms with E-state index < -0.39 is 17.9 Å². The first-order chi connectivity index (χ1) is 12.8. The number of rotatable bonds is 8. The third-order valence-corrected chi connectivity index (χ3v) is 4.09. The largest absolute Gasteiger partial charge is 0.480 e. The number of carboxylic acid groups (broad SMARTS) is 1. The molecule has 1 aromatic rings. The number of aliphatic carboxylic acids is 1. The third-order valence-electron chi connectivity index (χ3n) is 4.09. The Balaban J connectivity index is 2.09. The average molecular weight is 376 g/mol. The number of benzene rings is 1. The number of nitrogens with one attached hydrogen (secondary N) is 3. The average Bonchev–Trinajstić information content (AvgIpc) is 3.41. The van der Waals surface area contributed by atoms with Crippen molar-refractivity contribution in [1.29, 1.82) is 0 Å². The van der Waals surface area contributed by atoms with Crippen LogP contribution >= 0.6 is 0 Å². The standard InChI is InChI=1S/C18H24N4O5/c1-11(17(25)26)22(9-8-19-12(2)23)16(24)13-4-3-5-15(10-13)21-18(27)20-14-6-7-14/h3-5,10-11,14H,6-9H2,1-2H3,(H,19,23)(H,25,26)(H2,20,21,27). The maximum absolute atomic E-state index is 12.8. The number of hydrogen-bond acceptors (Lipinski definition) is 4. The maximum atomic E-state index is 12.8. The van der Waals surface area contributed by atoms with Crippen LogP contribution in [0.2, 0.25) is 0 Å². The van der Waals surface area contributed by atoms with Crippen molar-refractivity contribution in [2.75, 3.05) is 18.4 Å². The Bertz CT molecular complexity index is 732. The molecule has 0 bridgehead atoms. The topological polar surface area (TPSA) is 128 Å². The summed E-state index contributed by atoms with van der Waals surface area (Å²) in [6.07, 6.45) is 1.92. The lowest BCUT2D eigenvalue weighted by atomic mass is 10.1. The number of carbonyl (C=O) groups excluding carboxylic acids is 3. The van der Waals surface area contributed by atoms with Gasteiger partial charge in [0.05, 0.1) is 0 Å². The molecule has 1 aromatic carbocycles. The highest BCUT2D eigenvalue weighted by Crippen LogP contribution is 2.19. The number of amides is 4. The summed E-state index contributed by atoms with van der Waals surface area (Å²) in [5, 5.41) is 17.3. The molecule has 27 heavy (non-hydrogen) atoms. The minimum absolute atomic E-state index is 0.0473. The van der Waals surface area contributed by atoms with Gasteiger partial charge in [-0.2, -0.15) is 0 Å². The van der Waals surface area contributed by atoms with Gasteiger partial charge in [0.1, 0.15) is 6.04 Å². The lowest BCUT2D eigenvalue weighted by Crippen LogP contribution is -2.46. The molecule has 1 aliphatic rings. The normalized spacial score (nSPS) is 14.0. The van der Waals surface area contributed by atoms with Crippen molar-refractivity contribution >= 4 is 29.5 Å². The molecule has 1 saturated carbocycles. The minimum Gasteiger partial charge on any atom is -0.480 e. The van der Waals surface area contributed by atoms with E-state index >= 15 is 0 Å². The first kappa shape index (κ1) is 20.2. The Hall–Kier alpha value is -3.10. The number of nitrogens with zero attached hydrogens (tertiary/aromatic N) is 1. The first-order valence-electron chi connectivity index (χ1n) is 8.73. The molecule has 1 aliphatic carbocycles. The quantitative estimate of drug-likeness (QED) is 0.539. The fourth-order valence-corrected chi connectivity index (χ4v) is 2.43. The van der Waals surface area contributed by atoms with E-state index in [0.717, 1.165) is 12.8 Å². The monoisotopic (exact) mass is 376 g/mol. The van der Waals surface area contributed by atoms with E-state index in [0.29, 0.717) is 5.69 Å². The lowest BCUT2D eigenvalue weighted by Gasteiger charge is -2.27. The number of carboxylic acids is 1. The summed E-state index contributed by atoms with van der Waals surface area (Å²) in [4.78, 5) is 48.2. The molecule has 2 rings (SSSR count). The summed E-state index contributed by atoms with van der Waals surface area (Å²) in [6, 6.07) is 5.09. The van der Waals surface area contributed by atoms with Gasteiger partial charge in [-0.15, -0.1) is 0 Å². The zero-order valence-electron chi connectivity index (χ0n) is 15.3. The molecule has 9 heteroatoms. The Morgan fingerprint density at radius 1 is 1.26 bits per heavy atom. The van der Waals surface area contributed by atoms with E-state index in [1.807, 2.05) is 0 Å². The SMILES string of the molecule is CC(=O)NCCN(C(=O)c1cccc(NC(=O)NC2CC2)c1)C(C)C(=O)O. The van der Waals surface area contributed by atoms with Crippen molar-refractivity contribution in [3.63, 3.8) is 0 Å². The zero-order chi connectivity index (χ0) is 20.0. The summed E-state index contributed by atoms with van der Waals surface area (Å²) < 4.78 is 0. The number of carbonyl (C=O) groups is 4. The Kier molecular flexibility index (Phi) is 6.75. The molecule has 0 aromatic heterocycles. The summed E-state index contributed by atoms with van der Waals surface area (Å²) in [6.45, 7) is 2.93. The van der Waals surface area contributed by atoms with Crippen molar-refractivity contribution in [3.8, 4) is 0 Å². The van der Waals surface area contributed by atoms with E-state index in [1.165, 1.54) is 24.8 Å². The van der Waals surface area contributed by atoms with E-state index in [4.69, 9.17) is 0 Å². The summed E-state index contributed by atoms with van der Waals surface area (Å²) in [7, 11) is 0. The zero-order valence-corrected chi connectivity index (χ0v) is 15.3. The van der Waals surface area contributed by atoms with Gasteiger partial charge in [0.25, 0.3) is 5.91 Å². The highest BCUT2D eigenvalue weighted by Gasteiger charge is 2.27. The molecule has 0 spiro atoms. The van der Waals surface area contributed by atoms with Gasteiger partial charge < -0.3 is 26.0 Å². The van der Waals surface area contributed by atoms with Gasteiger partial charge in [-0.25, -0.2) is 9.59 Å². The predicted molar refractivity (Wildman–Crippen MR) is 98.4 cm³/mol. The van der Waals surface area contributed by atoms with Crippen LogP contribution in [0.25, 0.3) is 0 Å². The van der Waals surface area contributed by atoms with E-state index in [1.54, 1.807) is 18.2 Å². The second-order valence-electron chi connectivity index (χ2n) is 6.45. The van der Waals surface area contributed by atoms with Crippen LogP contribution in [0.15, 0.2) is 24.3 Å². The van der Waals surface area contributed by atoms with E-state index in [2.05, 4.69) is 16.0 Å². The van der Waals surface area contributed by atoms with Crippen molar-refractivity contribution in [1.82, 2.24) is 15.5 Å². The molecule has 1 atom stereocenters. The van der Waals surface area contributed by atoms with Gasteiger partial charge in [-0.05, 0) is 38.0 Å². The van der Waals surface area contributed by atoms with Crippen LogP contribution in [-0.2, 0) is 9.59 Å². The van der Waals surface area contributed by atoms with Crippen LogP contribution in [0.3, 0.4) is 0 Å². The van der Waals surface area contributed by atoms with Crippen molar-refractivity contribution < 1.29 is 24.3 Å². The van der Waals surface area contributed by atoms with Gasteiger partial charge in [0.2, 0.25) is 5.91 Å². The molecule has 0 heterocycles. The van der Waals surface area contributed by atoms with Crippen LogP contribution in [0.1, 0.15) is 37.0 Å². The molecule has 0 aliphatic heterocycles. The molecule has 0 saturated heterocycles. The predicted octanol–water partition coefficient (Wildman–Crippen LogP) is 1.02. The third kappa shape index (κ3) is 6.28. The molecule has 0 radical (unpaired) electrons. The smallest absolute Gasteiger partial charge is 0.326 e. The van der Waals surface area contributed by atoms with Gasteiger partial charge in [-0.1, -0.05) is 6.07 Å². The Labute approximate surface area is 157 Å². The van der Waals surface area contributed by atoms with Crippen LogP contribution in [0.5, 0.6) is 0 Å². The van der Waals surface area contributed by atoms with E-state index in [-0.39, 0.29) is 36.6 Å². The van der Waals surface area contributed by atoms with Crippen molar-refractivity contribution in [3.05, 3.63) is 29.8 Å². The lowest BCUT2D eigenvalue weighted by molar-refractivity contribution is -0.141. The molecular formula is C18H24N4O5. The number of anilines is 1. The Morgan fingerprint density at radius 3 is 2.56 bits per heavy atom.